The molecule has 1 aromatic rings. The van der Waals surface area contributed by atoms with E-state index in [4.69, 9.17) is 17.0 Å². The number of amides is 1. The smallest absolute Gasteiger partial charge is 0.276 e. The fraction of sp³-hybridized carbons (Fsp3) is 0.500. The molecule has 3 aliphatic rings. The van der Waals surface area contributed by atoms with E-state index in [9.17, 15) is 4.79 Å². The van der Waals surface area contributed by atoms with E-state index in [1.165, 1.54) is 24.9 Å². The Morgan fingerprint density at radius 3 is 2.46 bits per heavy atom. The first-order chi connectivity index (χ1) is 12.7. The van der Waals surface area contributed by atoms with Crippen molar-refractivity contribution >= 4 is 35.0 Å². The van der Waals surface area contributed by atoms with Crippen LogP contribution in [-0.2, 0) is 9.53 Å². The van der Waals surface area contributed by atoms with Gasteiger partial charge in [0.15, 0.2) is 5.11 Å². The molecule has 0 aromatic heterocycles. The minimum Gasteiger partial charge on any atom is -0.378 e. The highest BCUT2D eigenvalue weighted by Crippen LogP contribution is 2.27. The first-order valence-electron chi connectivity index (χ1n) is 9.51. The fourth-order valence-corrected chi connectivity index (χ4v) is 4.33. The molecule has 2 aliphatic heterocycles. The van der Waals surface area contributed by atoms with Crippen LogP contribution in [0.5, 0.6) is 0 Å². The molecule has 1 aliphatic carbocycles. The van der Waals surface area contributed by atoms with Gasteiger partial charge in [0.05, 0.1) is 13.2 Å². The summed E-state index contributed by atoms with van der Waals surface area (Å²) in [5, 5.41) is 3.67. The number of thiocarbonyl (C=S) groups is 1. The number of nitrogens with zero attached hydrogens (tertiary/aromatic N) is 2. The van der Waals surface area contributed by atoms with E-state index >= 15 is 0 Å². The lowest BCUT2D eigenvalue weighted by Gasteiger charge is -2.29. The Kier molecular flexibility index (Phi) is 5.22. The van der Waals surface area contributed by atoms with Gasteiger partial charge in [-0.3, -0.25) is 9.69 Å². The van der Waals surface area contributed by atoms with Crippen molar-refractivity contribution in [3.63, 3.8) is 0 Å². The van der Waals surface area contributed by atoms with Crippen LogP contribution in [0.25, 0.3) is 6.08 Å². The molecule has 4 rings (SSSR count). The van der Waals surface area contributed by atoms with Crippen molar-refractivity contribution in [3.8, 4) is 0 Å². The number of nitrogens with one attached hydrogen (secondary N) is 1. The molecule has 26 heavy (non-hydrogen) atoms. The van der Waals surface area contributed by atoms with Gasteiger partial charge in [-0.25, -0.2) is 0 Å². The zero-order valence-electron chi connectivity index (χ0n) is 14.9. The van der Waals surface area contributed by atoms with Crippen LogP contribution in [0.4, 0.5) is 5.69 Å². The second-order valence-corrected chi connectivity index (χ2v) is 7.53. The van der Waals surface area contributed by atoms with Gasteiger partial charge in [-0.05, 0) is 48.8 Å². The number of hydrogen-bond donors (Lipinski definition) is 1. The van der Waals surface area contributed by atoms with E-state index in [-0.39, 0.29) is 11.9 Å². The number of carbonyl (C=O) groups is 1. The lowest BCUT2D eigenvalue weighted by molar-refractivity contribution is -0.124. The highest BCUT2D eigenvalue weighted by molar-refractivity contribution is 7.80. The monoisotopic (exact) mass is 371 g/mol. The summed E-state index contributed by atoms with van der Waals surface area (Å²) in [5.74, 6) is 0.0131. The van der Waals surface area contributed by atoms with Crippen molar-refractivity contribution in [1.29, 1.82) is 0 Å². The quantitative estimate of drug-likeness (QED) is 0.654. The molecule has 0 atom stereocenters. The van der Waals surface area contributed by atoms with E-state index < -0.39 is 0 Å². The average Bonchev–Trinajstić information content (AvgIpc) is 2.97. The van der Waals surface area contributed by atoms with Crippen LogP contribution >= 0.6 is 12.2 Å². The van der Waals surface area contributed by atoms with Crippen LogP contribution in [0.1, 0.15) is 37.7 Å². The number of morpholine rings is 1. The van der Waals surface area contributed by atoms with Crippen molar-refractivity contribution in [2.75, 3.05) is 31.2 Å². The number of hydrogen-bond acceptors (Lipinski definition) is 4. The molecule has 0 unspecified atom stereocenters. The molecule has 138 valence electrons. The summed E-state index contributed by atoms with van der Waals surface area (Å²) in [6, 6.07) is 8.58. The summed E-state index contributed by atoms with van der Waals surface area (Å²) in [5.41, 5.74) is 2.78. The largest absolute Gasteiger partial charge is 0.378 e. The molecule has 1 aromatic carbocycles. The van der Waals surface area contributed by atoms with Crippen LogP contribution in [0.3, 0.4) is 0 Å². The van der Waals surface area contributed by atoms with Gasteiger partial charge >= 0.3 is 0 Å². The summed E-state index contributed by atoms with van der Waals surface area (Å²) in [6.45, 7) is 3.40. The predicted molar refractivity (Wildman–Crippen MR) is 107 cm³/mol. The van der Waals surface area contributed by atoms with Crippen molar-refractivity contribution in [1.82, 2.24) is 10.2 Å². The van der Waals surface area contributed by atoms with Crippen LogP contribution in [0, 0.1) is 0 Å². The van der Waals surface area contributed by atoms with Crippen molar-refractivity contribution in [3.05, 3.63) is 35.5 Å². The standard InChI is InChI=1S/C20H25N3O2S/c24-19-18(21-20(26)23(19)17-4-2-1-3-5-17)14-15-6-8-16(9-7-15)22-10-12-25-13-11-22/h6-9,14,17H,1-5,10-13H2,(H,21,26). The first kappa shape index (κ1) is 17.5. The molecule has 2 saturated heterocycles. The minimum absolute atomic E-state index is 0.0131. The lowest BCUT2D eigenvalue weighted by atomic mass is 9.94. The number of carbonyl (C=O) groups excluding carboxylic acids is 1. The van der Waals surface area contributed by atoms with Crippen LogP contribution < -0.4 is 10.2 Å². The predicted octanol–water partition coefficient (Wildman–Crippen LogP) is 2.91. The zero-order valence-corrected chi connectivity index (χ0v) is 15.8. The van der Waals surface area contributed by atoms with Gasteiger partial charge in [-0.1, -0.05) is 31.4 Å². The Balaban J connectivity index is 1.47. The zero-order chi connectivity index (χ0) is 17.9. The van der Waals surface area contributed by atoms with Crippen LogP contribution in [-0.4, -0.2) is 48.3 Å². The normalized spacial score (nSPS) is 23.6. The second kappa shape index (κ2) is 7.76. The fourth-order valence-electron chi connectivity index (χ4n) is 3.99. The number of benzene rings is 1. The minimum atomic E-state index is 0.0131. The third-order valence-corrected chi connectivity index (χ3v) is 5.73. The Labute approximate surface area is 160 Å². The molecule has 1 amide bonds. The Morgan fingerprint density at radius 1 is 1.08 bits per heavy atom. The Hall–Kier alpha value is -1.92. The second-order valence-electron chi connectivity index (χ2n) is 7.15. The molecule has 0 spiro atoms. The molecule has 0 bridgehead atoms. The Morgan fingerprint density at radius 2 is 1.77 bits per heavy atom. The highest BCUT2D eigenvalue weighted by Gasteiger charge is 2.36. The number of anilines is 1. The van der Waals surface area contributed by atoms with Crippen LogP contribution in [0.2, 0.25) is 0 Å². The van der Waals surface area contributed by atoms with E-state index in [1.807, 2.05) is 6.08 Å². The van der Waals surface area contributed by atoms with Gasteiger partial charge in [0, 0.05) is 24.8 Å². The highest BCUT2D eigenvalue weighted by atomic mass is 32.1. The third-order valence-electron chi connectivity index (χ3n) is 5.43. The maximum Gasteiger partial charge on any atom is 0.276 e. The maximum absolute atomic E-state index is 12.8. The van der Waals surface area contributed by atoms with Gasteiger partial charge < -0.3 is 15.0 Å². The molecule has 5 nitrogen and oxygen atoms in total. The summed E-state index contributed by atoms with van der Waals surface area (Å²) in [6.07, 6.45) is 7.62. The van der Waals surface area contributed by atoms with Crippen molar-refractivity contribution in [2.45, 2.75) is 38.1 Å². The molecule has 1 saturated carbocycles. The van der Waals surface area contributed by atoms with Gasteiger partial charge in [0.1, 0.15) is 5.70 Å². The summed E-state index contributed by atoms with van der Waals surface area (Å²) in [7, 11) is 0. The van der Waals surface area contributed by atoms with E-state index in [2.05, 4.69) is 34.5 Å². The number of rotatable bonds is 3. The van der Waals surface area contributed by atoms with Crippen LogP contribution in [0.15, 0.2) is 30.0 Å². The molecular formula is C20H25N3O2S. The SMILES string of the molecule is O=C1C(=Cc2ccc(N3CCOCC3)cc2)NC(=S)N1C1CCCCC1. The van der Waals surface area contributed by atoms with Crippen molar-refractivity contribution < 1.29 is 9.53 Å². The van der Waals surface area contributed by atoms with Gasteiger partial charge in [-0.15, -0.1) is 0 Å². The van der Waals surface area contributed by atoms with E-state index in [0.29, 0.717) is 10.8 Å². The summed E-state index contributed by atoms with van der Waals surface area (Å²) < 4.78 is 5.40. The van der Waals surface area contributed by atoms with Gasteiger partial charge in [-0.2, -0.15) is 0 Å². The molecule has 3 fully saturated rings. The van der Waals surface area contributed by atoms with E-state index in [0.717, 1.165) is 44.7 Å². The summed E-state index contributed by atoms with van der Waals surface area (Å²) >= 11 is 5.43. The van der Waals surface area contributed by atoms with Crippen molar-refractivity contribution in [2.24, 2.45) is 0 Å². The van der Waals surface area contributed by atoms with E-state index in [1.54, 1.807) is 4.90 Å². The lowest BCUT2D eigenvalue weighted by Crippen LogP contribution is -2.41. The molecule has 1 N–H and O–H groups in total. The summed E-state index contributed by atoms with van der Waals surface area (Å²) in [4.78, 5) is 16.9. The molecule has 6 heteroatoms. The molecule has 0 radical (unpaired) electrons. The third kappa shape index (κ3) is 3.62. The molecular weight excluding hydrogens is 346 g/mol. The molecule has 2 heterocycles. The average molecular weight is 372 g/mol. The van der Waals surface area contributed by atoms with Gasteiger partial charge in [0.25, 0.3) is 5.91 Å². The Bertz CT molecular complexity index is 704. The first-order valence-corrected chi connectivity index (χ1v) is 9.92. The number of ether oxygens (including phenoxy) is 1. The topological polar surface area (TPSA) is 44.8 Å². The van der Waals surface area contributed by atoms with Gasteiger partial charge in [0.2, 0.25) is 0 Å². The maximum atomic E-state index is 12.8.